The van der Waals surface area contributed by atoms with Crippen LogP contribution in [0.3, 0.4) is 0 Å². The predicted molar refractivity (Wildman–Crippen MR) is 70.0 cm³/mol. The lowest BCUT2D eigenvalue weighted by atomic mass is 10.1. The SMILES string of the molecule is CCSC(=O)Cc1cc(Cl)c(C(F)(F)F)cc1[N+](=O)[O-]. The highest BCUT2D eigenvalue weighted by molar-refractivity contribution is 8.13. The van der Waals surface area contributed by atoms with Gasteiger partial charge in [-0.3, -0.25) is 14.9 Å². The third-order valence-corrected chi connectivity index (χ3v) is 3.38. The van der Waals surface area contributed by atoms with Gasteiger partial charge in [0, 0.05) is 18.1 Å². The number of nitrogens with zero attached hydrogens (tertiary/aromatic N) is 1. The normalized spacial score (nSPS) is 11.4. The summed E-state index contributed by atoms with van der Waals surface area (Å²) >= 11 is 6.43. The predicted octanol–water partition coefficient (Wildman–Crippen LogP) is 4.09. The summed E-state index contributed by atoms with van der Waals surface area (Å²) in [4.78, 5) is 21.3. The monoisotopic (exact) mass is 327 g/mol. The minimum Gasteiger partial charge on any atom is -0.287 e. The van der Waals surface area contributed by atoms with E-state index in [4.69, 9.17) is 11.6 Å². The Morgan fingerprint density at radius 1 is 1.45 bits per heavy atom. The number of carbonyl (C=O) groups is 1. The van der Waals surface area contributed by atoms with Crippen LogP contribution in [0, 0.1) is 10.1 Å². The molecule has 1 aromatic carbocycles. The second kappa shape index (κ2) is 6.45. The molecule has 9 heteroatoms. The third-order valence-electron chi connectivity index (χ3n) is 2.31. The summed E-state index contributed by atoms with van der Waals surface area (Å²) in [7, 11) is 0. The number of rotatable bonds is 4. The fourth-order valence-electron chi connectivity index (χ4n) is 1.50. The lowest BCUT2D eigenvalue weighted by molar-refractivity contribution is -0.385. The van der Waals surface area contributed by atoms with E-state index < -0.39 is 27.4 Å². The second-order valence-corrected chi connectivity index (χ2v) is 5.43. The van der Waals surface area contributed by atoms with Gasteiger partial charge in [-0.15, -0.1) is 0 Å². The average Bonchev–Trinajstić information content (AvgIpc) is 2.26. The molecule has 0 spiro atoms. The van der Waals surface area contributed by atoms with Crippen LogP contribution in [0.25, 0.3) is 0 Å². The van der Waals surface area contributed by atoms with E-state index in [1.54, 1.807) is 6.92 Å². The minimum absolute atomic E-state index is 0.126. The van der Waals surface area contributed by atoms with Crippen molar-refractivity contribution < 1.29 is 22.9 Å². The zero-order valence-electron chi connectivity index (χ0n) is 10.2. The first-order chi connectivity index (χ1) is 9.16. The Morgan fingerprint density at radius 2 is 2.05 bits per heavy atom. The largest absolute Gasteiger partial charge is 0.418 e. The quantitative estimate of drug-likeness (QED) is 0.617. The maximum absolute atomic E-state index is 12.6. The number of halogens is 4. The number of thioether (sulfide) groups is 1. The maximum Gasteiger partial charge on any atom is 0.418 e. The fraction of sp³-hybridized carbons (Fsp3) is 0.364. The van der Waals surface area contributed by atoms with Crippen molar-refractivity contribution in [1.29, 1.82) is 0 Å². The molecule has 0 saturated carbocycles. The molecule has 0 amide bonds. The molecule has 20 heavy (non-hydrogen) atoms. The maximum atomic E-state index is 12.6. The summed E-state index contributed by atoms with van der Waals surface area (Å²) in [6.45, 7) is 1.72. The van der Waals surface area contributed by atoms with Gasteiger partial charge in [-0.1, -0.05) is 30.3 Å². The van der Waals surface area contributed by atoms with Crippen molar-refractivity contribution in [2.24, 2.45) is 0 Å². The molecule has 0 saturated heterocycles. The molecule has 0 aliphatic carbocycles. The Labute approximate surface area is 121 Å². The zero-order valence-corrected chi connectivity index (χ0v) is 11.7. The molecular formula is C11H9ClF3NO3S. The molecule has 0 bridgehead atoms. The minimum atomic E-state index is -4.79. The van der Waals surface area contributed by atoms with E-state index in [9.17, 15) is 28.1 Å². The van der Waals surface area contributed by atoms with Crippen LogP contribution in [0.5, 0.6) is 0 Å². The van der Waals surface area contributed by atoms with Crippen LogP contribution in [0.2, 0.25) is 5.02 Å². The highest BCUT2D eigenvalue weighted by Crippen LogP contribution is 2.38. The first-order valence-electron chi connectivity index (χ1n) is 5.36. The van der Waals surface area contributed by atoms with Gasteiger partial charge in [0.05, 0.1) is 15.5 Å². The van der Waals surface area contributed by atoms with Crippen molar-refractivity contribution in [2.45, 2.75) is 19.5 Å². The van der Waals surface area contributed by atoms with Crippen molar-refractivity contribution in [3.63, 3.8) is 0 Å². The first-order valence-corrected chi connectivity index (χ1v) is 6.72. The summed E-state index contributed by atoms with van der Waals surface area (Å²) in [6, 6.07) is 1.19. The van der Waals surface area contributed by atoms with E-state index in [0.29, 0.717) is 11.8 Å². The Bertz CT molecular complexity index is 548. The van der Waals surface area contributed by atoms with Gasteiger partial charge in [-0.25, -0.2) is 0 Å². The van der Waals surface area contributed by atoms with Crippen LogP contribution in [0.15, 0.2) is 12.1 Å². The molecule has 4 nitrogen and oxygen atoms in total. The number of carbonyl (C=O) groups excluding carboxylic acids is 1. The standard InChI is InChI=1S/C11H9ClF3NO3S/c1-2-20-10(17)4-6-3-8(12)7(11(13,14)15)5-9(6)16(18)19/h3,5H,2,4H2,1H3. The molecule has 1 rings (SSSR count). The van der Waals surface area contributed by atoms with E-state index in [2.05, 4.69) is 0 Å². The van der Waals surface area contributed by atoms with Gasteiger partial charge in [-0.2, -0.15) is 13.2 Å². The Kier molecular flexibility index (Phi) is 5.41. The van der Waals surface area contributed by atoms with Gasteiger partial charge >= 0.3 is 6.18 Å². The van der Waals surface area contributed by atoms with E-state index in [1.807, 2.05) is 0 Å². The molecule has 0 heterocycles. The molecule has 0 fully saturated rings. The topological polar surface area (TPSA) is 60.2 Å². The molecule has 0 atom stereocenters. The Morgan fingerprint density at radius 3 is 2.50 bits per heavy atom. The van der Waals surface area contributed by atoms with Gasteiger partial charge in [-0.05, 0) is 11.8 Å². The van der Waals surface area contributed by atoms with Gasteiger partial charge in [0.2, 0.25) is 0 Å². The van der Waals surface area contributed by atoms with Crippen LogP contribution < -0.4 is 0 Å². The van der Waals surface area contributed by atoms with Crippen molar-refractivity contribution in [3.8, 4) is 0 Å². The molecule has 0 aromatic heterocycles. The lowest BCUT2D eigenvalue weighted by Crippen LogP contribution is -2.09. The molecule has 110 valence electrons. The van der Waals surface area contributed by atoms with Crippen LogP contribution in [-0.2, 0) is 17.4 Å². The van der Waals surface area contributed by atoms with Crippen molar-refractivity contribution in [3.05, 3.63) is 38.4 Å². The number of nitro benzene ring substituents is 1. The van der Waals surface area contributed by atoms with Crippen molar-refractivity contribution in [1.82, 2.24) is 0 Å². The van der Waals surface area contributed by atoms with Crippen molar-refractivity contribution in [2.75, 3.05) is 5.75 Å². The van der Waals surface area contributed by atoms with E-state index in [0.717, 1.165) is 17.8 Å². The highest BCUT2D eigenvalue weighted by Gasteiger charge is 2.36. The average molecular weight is 328 g/mol. The molecule has 0 unspecified atom stereocenters. The number of nitro groups is 1. The van der Waals surface area contributed by atoms with E-state index >= 15 is 0 Å². The van der Waals surface area contributed by atoms with Gasteiger partial charge in [0.25, 0.3) is 5.69 Å². The summed E-state index contributed by atoms with van der Waals surface area (Å²) in [6.07, 6.45) is -5.13. The van der Waals surface area contributed by atoms with Gasteiger partial charge in [0.1, 0.15) is 0 Å². The zero-order chi connectivity index (χ0) is 15.5. The number of hydrogen-bond donors (Lipinski definition) is 0. The van der Waals surface area contributed by atoms with Gasteiger partial charge < -0.3 is 0 Å². The Balaban J connectivity index is 3.28. The van der Waals surface area contributed by atoms with E-state index in [-0.39, 0.29) is 17.1 Å². The summed E-state index contributed by atoms with van der Waals surface area (Å²) < 4.78 is 37.9. The third kappa shape index (κ3) is 4.11. The van der Waals surface area contributed by atoms with E-state index in [1.165, 1.54) is 0 Å². The smallest absolute Gasteiger partial charge is 0.287 e. The van der Waals surface area contributed by atoms with Crippen LogP contribution >= 0.6 is 23.4 Å². The molecule has 0 N–H and O–H groups in total. The fourth-order valence-corrected chi connectivity index (χ4v) is 2.37. The summed E-state index contributed by atoms with van der Waals surface area (Å²) in [5, 5.41) is 9.80. The molecular weight excluding hydrogens is 319 g/mol. The number of benzene rings is 1. The first kappa shape index (κ1) is 16.8. The Hall–Kier alpha value is -1.28. The molecule has 0 aliphatic rings. The highest BCUT2D eigenvalue weighted by atomic mass is 35.5. The number of hydrogen-bond acceptors (Lipinski definition) is 4. The summed E-state index contributed by atoms with van der Waals surface area (Å²) in [5.74, 6) is 0.473. The summed E-state index contributed by atoms with van der Waals surface area (Å²) in [5.41, 5.74) is -2.17. The van der Waals surface area contributed by atoms with Crippen LogP contribution in [-0.4, -0.2) is 15.8 Å². The lowest BCUT2D eigenvalue weighted by Gasteiger charge is -2.10. The van der Waals surface area contributed by atoms with Crippen LogP contribution in [0.4, 0.5) is 18.9 Å². The molecule has 0 aliphatic heterocycles. The molecule has 1 aromatic rings. The molecule has 0 radical (unpaired) electrons. The van der Waals surface area contributed by atoms with Crippen molar-refractivity contribution >= 4 is 34.2 Å². The van der Waals surface area contributed by atoms with Crippen LogP contribution in [0.1, 0.15) is 18.1 Å². The van der Waals surface area contributed by atoms with Gasteiger partial charge in [0.15, 0.2) is 5.12 Å². The number of alkyl halides is 3. The second-order valence-electron chi connectivity index (χ2n) is 3.70.